The highest BCUT2D eigenvalue weighted by atomic mass is 35.5. The van der Waals surface area contributed by atoms with Crippen molar-refractivity contribution in [3.05, 3.63) is 53.1 Å². The smallest absolute Gasteiger partial charge is 0.243 e. The van der Waals surface area contributed by atoms with E-state index < -0.39 is 0 Å². The van der Waals surface area contributed by atoms with Crippen molar-refractivity contribution in [3.8, 4) is 0 Å². The van der Waals surface area contributed by atoms with Crippen LogP contribution < -0.4 is 15.5 Å². The van der Waals surface area contributed by atoms with E-state index in [1.54, 1.807) is 18.2 Å². The number of hydrogen-bond acceptors (Lipinski definition) is 3. The van der Waals surface area contributed by atoms with Crippen LogP contribution in [0.3, 0.4) is 0 Å². The van der Waals surface area contributed by atoms with Crippen molar-refractivity contribution in [1.82, 2.24) is 0 Å². The molecule has 136 valence electrons. The maximum absolute atomic E-state index is 12.5. The summed E-state index contributed by atoms with van der Waals surface area (Å²) < 4.78 is 0. The van der Waals surface area contributed by atoms with Crippen LogP contribution >= 0.6 is 11.6 Å². The molecule has 6 heteroatoms. The lowest BCUT2D eigenvalue weighted by Crippen LogP contribution is -2.32. The number of amides is 2. The van der Waals surface area contributed by atoms with Crippen molar-refractivity contribution in [2.75, 3.05) is 28.6 Å². The summed E-state index contributed by atoms with van der Waals surface area (Å²) in [6, 6.07) is 13.2. The van der Waals surface area contributed by atoms with Crippen molar-refractivity contribution >= 4 is 40.5 Å². The van der Waals surface area contributed by atoms with E-state index in [0.717, 1.165) is 25.1 Å². The first kappa shape index (κ1) is 18.3. The number of hydrogen-bond donors (Lipinski definition) is 2. The third-order valence-electron chi connectivity index (χ3n) is 4.32. The van der Waals surface area contributed by atoms with Gasteiger partial charge in [0.15, 0.2) is 0 Å². The summed E-state index contributed by atoms with van der Waals surface area (Å²) in [5, 5.41) is 6.10. The molecule has 2 aromatic carbocycles. The molecule has 0 radical (unpaired) electrons. The van der Waals surface area contributed by atoms with Gasteiger partial charge in [0.1, 0.15) is 0 Å². The quantitative estimate of drug-likeness (QED) is 0.804. The number of carbonyl (C=O) groups excluding carboxylic acids is 2. The van der Waals surface area contributed by atoms with Gasteiger partial charge in [-0.2, -0.15) is 0 Å². The molecular formula is C20H22ClN3O2. The Morgan fingerprint density at radius 2 is 1.92 bits per heavy atom. The van der Waals surface area contributed by atoms with Crippen molar-refractivity contribution in [2.24, 2.45) is 0 Å². The van der Waals surface area contributed by atoms with Crippen molar-refractivity contribution in [3.63, 3.8) is 0 Å². The Bertz CT molecular complexity index is 822. The lowest BCUT2D eigenvalue weighted by Gasteiger charge is -2.19. The fourth-order valence-electron chi connectivity index (χ4n) is 3.08. The molecule has 0 bridgehead atoms. The summed E-state index contributed by atoms with van der Waals surface area (Å²) in [7, 11) is 0. The maximum atomic E-state index is 12.5. The number of nitrogens with zero attached hydrogens (tertiary/aromatic N) is 1. The molecule has 0 spiro atoms. The Hall–Kier alpha value is -2.53. The highest BCUT2D eigenvalue weighted by Crippen LogP contribution is 2.28. The van der Waals surface area contributed by atoms with Crippen LogP contribution in [0.15, 0.2) is 42.5 Å². The van der Waals surface area contributed by atoms with E-state index in [1.807, 2.05) is 25.1 Å². The van der Waals surface area contributed by atoms with Crippen LogP contribution in [0.1, 0.15) is 25.3 Å². The van der Waals surface area contributed by atoms with Crippen LogP contribution in [0.5, 0.6) is 0 Å². The normalized spacial score (nSPS) is 12.6. The minimum atomic E-state index is -0.138. The van der Waals surface area contributed by atoms with Gasteiger partial charge in [-0.25, -0.2) is 0 Å². The molecule has 1 aliphatic heterocycles. The molecule has 5 nitrogen and oxygen atoms in total. The molecule has 2 amide bonds. The number of benzene rings is 2. The summed E-state index contributed by atoms with van der Waals surface area (Å²) in [4.78, 5) is 26.3. The van der Waals surface area contributed by atoms with E-state index in [-0.39, 0.29) is 18.4 Å². The first-order valence-electron chi connectivity index (χ1n) is 8.79. The molecule has 3 rings (SSSR count). The van der Waals surface area contributed by atoms with Gasteiger partial charge in [-0.3, -0.25) is 9.59 Å². The third-order valence-corrected chi connectivity index (χ3v) is 4.65. The minimum Gasteiger partial charge on any atom is -0.362 e. The van der Waals surface area contributed by atoms with Crippen LogP contribution in [0.25, 0.3) is 0 Å². The SMILES string of the molecule is CCCC(=O)Nc1ccc(Cl)c(NC(=O)CN2CCc3ccccc32)c1. The number of rotatable bonds is 6. The fraction of sp³-hybridized carbons (Fsp3) is 0.300. The largest absolute Gasteiger partial charge is 0.362 e. The molecule has 2 N–H and O–H groups in total. The maximum Gasteiger partial charge on any atom is 0.243 e. The van der Waals surface area contributed by atoms with Gasteiger partial charge in [-0.1, -0.05) is 36.7 Å². The summed E-state index contributed by atoms with van der Waals surface area (Å²) in [5.74, 6) is -0.193. The number of carbonyl (C=O) groups is 2. The van der Waals surface area contributed by atoms with E-state index in [2.05, 4.69) is 21.6 Å². The van der Waals surface area contributed by atoms with Crippen molar-refractivity contribution < 1.29 is 9.59 Å². The van der Waals surface area contributed by atoms with E-state index in [9.17, 15) is 9.59 Å². The summed E-state index contributed by atoms with van der Waals surface area (Å²) in [6.07, 6.45) is 2.18. The lowest BCUT2D eigenvalue weighted by molar-refractivity contribution is -0.116. The minimum absolute atomic E-state index is 0.0548. The second kappa shape index (κ2) is 8.23. The monoisotopic (exact) mass is 371 g/mol. The number of fused-ring (bicyclic) bond motifs is 1. The standard InChI is InChI=1S/C20H22ClN3O2/c1-2-5-19(25)22-15-8-9-16(21)17(12-15)23-20(26)13-24-11-10-14-6-3-4-7-18(14)24/h3-4,6-9,12H,2,5,10-11,13H2,1H3,(H,22,25)(H,23,26). The van der Waals surface area contributed by atoms with Gasteiger partial charge >= 0.3 is 0 Å². The van der Waals surface area contributed by atoms with Gasteiger partial charge in [-0.15, -0.1) is 0 Å². The van der Waals surface area contributed by atoms with Crippen LogP contribution in [0.2, 0.25) is 5.02 Å². The van der Waals surface area contributed by atoms with E-state index in [1.165, 1.54) is 5.56 Å². The Kier molecular flexibility index (Phi) is 5.78. The molecule has 1 aliphatic rings. The molecule has 0 aliphatic carbocycles. The molecule has 0 aromatic heterocycles. The summed E-state index contributed by atoms with van der Waals surface area (Å²) in [6.45, 7) is 3.04. The zero-order valence-corrected chi connectivity index (χ0v) is 15.5. The van der Waals surface area contributed by atoms with Crippen LogP contribution in [0, 0.1) is 0 Å². The van der Waals surface area contributed by atoms with Gasteiger partial charge in [-0.05, 0) is 42.7 Å². The van der Waals surface area contributed by atoms with Crippen LogP contribution in [-0.2, 0) is 16.0 Å². The van der Waals surface area contributed by atoms with Gasteiger partial charge in [0.2, 0.25) is 11.8 Å². The van der Waals surface area contributed by atoms with Crippen LogP contribution in [-0.4, -0.2) is 24.9 Å². The molecule has 0 atom stereocenters. The van der Waals surface area contributed by atoms with Gasteiger partial charge < -0.3 is 15.5 Å². The van der Waals surface area contributed by atoms with E-state index in [0.29, 0.717) is 22.8 Å². The molecule has 2 aromatic rings. The number of halogens is 1. The predicted molar refractivity (Wildman–Crippen MR) is 106 cm³/mol. The highest BCUT2D eigenvalue weighted by molar-refractivity contribution is 6.34. The average Bonchev–Trinajstić information content (AvgIpc) is 3.01. The van der Waals surface area contributed by atoms with Crippen molar-refractivity contribution in [1.29, 1.82) is 0 Å². The first-order valence-corrected chi connectivity index (χ1v) is 9.16. The van der Waals surface area contributed by atoms with Gasteiger partial charge in [0.25, 0.3) is 0 Å². The Balaban J connectivity index is 1.65. The molecule has 1 heterocycles. The Morgan fingerprint density at radius 3 is 2.73 bits per heavy atom. The molecule has 0 unspecified atom stereocenters. The zero-order chi connectivity index (χ0) is 18.5. The number of para-hydroxylation sites is 1. The second-order valence-electron chi connectivity index (χ2n) is 6.34. The van der Waals surface area contributed by atoms with Gasteiger partial charge in [0.05, 0.1) is 17.3 Å². The highest BCUT2D eigenvalue weighted by Gasteiger charge is 2.20. The summed E-state index contributed by atoms with van der Waals surface area (Å²) in [5.41, 5.74) is 3.49. The number of nitrogens with one attached hydrogen (secondary N) is 2. The predicted octanol–water partition coefficient (Wildman–Crippen LogP) is 4.08. The third kappa shape index (κ3) is 4.35. The molecule has 0 saturated heterocycles. The van der Waals surface area contributed by atoms with Crippen molar-refractivity contribution in [2.45, 2.75) is 26.2 Å². The fourth-order valence-corrected chi connectivity index (χ4v) is 3.25. The van der Waals surface area contributed by atoms with E-state index >= 15 is 0 Å². The molecule has 0 saturated carbocycles. The first-order chi connectivity index (χ1) is 12.6. The van der Waals surface area contributed by atoms with Gasteiger partial charge in [0, 0.05) is 24.3 Å². The Labute approximate surface area is 158 Å². The zero-order valence-electron chi connectivity index (χ0n) is 14.7. The Morgan fingerprint density at radius 1 is 1.12 bits per heavy atom. The number of anilines is 3. The summed E-state index contributed by atoms with van der Waals surface area (Å²) >= 11 is 6.19. The second-order valence-corrected chi connectivity index (χ2v) is 6.75. The van der Waals surface area contributed by atoms with E-state index in [4.69, 9.17) is 11.6 Å². The topological polar surface area (TPSA) is 61.4 Å². The average molecular weight is 372 g/mol. The van der Waals surface area contributed by atoms with Crippen LogP contribution in [0.4, 0.5) is 17.1 Å². The molecule has 26 heavy (non-hydrogen) atoms. The lowest BCUT2D eigenvalue weighted by atomic mass is 10.2. The molecule has 0 fully saturated rings. The molecular weight excluding hydrogens is 350 g/mol.